The number of carbonyl (C=O) groups excluding carboxylic acids is 2. The first-order valence-corrected chi connectivity index (χ1v) is 11.9. The van der Waals surface area contributed by atoms with E-state index in [1.54, 1.807) is 48.1 Å². The minimum Gasteiger partial charge on any atom is -0.465 e. The molecule has 0 spiro atoms. The normalized spacial score (nSPS) is 12.4. The van der Waals surface area contributed by atoms with E-state index in [1.165, 1.54) is 11.2 Å². The number of ether oxygens (including phenoxy) is 1. The van der Waals surface area contributed by atoms with E-state index < -0.39 is 5.97 Å². The van der Waals surface area contributed by atoms with Crippen LogP contribution in [0.5, 0.6) is 0 Å². The predicted octanol–water partition coefficient (Wildman–Crippen LogP) is 3.54. The van der Waals surface area contributed by atoms with Crippen LogP contribution in [0.4, 0.5) is 11.5 Å². The molecule has 186 valence electrons. The van der Waals surface area contributed by atoms with Gasteiger partial charge in [-0.3, -0.25) is 14.6 Å². The van der Waals surface area contributed by atoms with Crippen molar-refractivity contribution in [3.05, 3.63) is 90.0 Å². The predicted molar refractivity (Wildman–Crippen MR) is 140 cm³/mol. The first kappa shape index (κ1) is 23.9. The second-order valence-electron chi connectivity index (χ2n) is 8.30. The van der Waals surface area contributed by atoms with E-state index in [2.05, 4.69) is 25.4 Å². The van der Waals surface area contributed by atoms with Gasteiger partial charge in [-0.1, -0.05) is 36.4 Å². The van der Waals surface area contributed by atoms with Gasteiger partial charge in [-0.15, -0.1) is 0 Å². The number of aliphatic imine (C=N–C) groups is 1. The molecule has 10 nitrogen and oxygen atoms in total. The quantitative estimate of drug-likeness (QED) is 0.353. The van der Waals surface area contributed by atoms with Crippen LogP contribution >= 0.6 is 0 Å². The molecule has 2 aromatic heterocycles. The second kappa shape index (κ2) is 10.8. The molecule has 10 heteroatoms. The summed E-state index contributed by atoms with van der Waals surface area (Å²) in [6.07, 6.45) is 7.00. The Hall–Kier alpha value is -4.86. The average molecular weight is 496 g/mol. The van der Waals surface area contributed by atoms with Crippen molar-refractivity contribution in [3.63, 3.8) is 0 Å². The number of amides is 1. The standard InChI is InChI=1S/C27H25N7O3/c1-2-37-24(35)17-33(16-19-6-4-3-5-7-19)27(36)20-8-10-22(11-9-20)32-25-26-30-18-31-34(26)23(15-29-25)21-12-13-28-14-21/h3-12,14-15,18H,2,13,16-17H2,1H3,(H,29,32). The van der Waals surface area contributed by atoms with Crippen molar-refractivity contribution < 1.29 is 14.3 Å². The Labute approximate surface area is 213 Å². The number of aromatic nitrogens is 4. The van der Waals surface area contributed by atoms with Crippen molar-refractivity contribution in [2.75, 3.05) is 25.0 Å². The third kappa shape index (κ3) is 5.37. The number of nitrogens with zero attached hydrogens (tertiary/aromatic N) is 6. The Balaban J connectivity index is 1.34. The lowest BCUT2D eigenvalue weighted by Gasteiger charge is -2.22. The molecule has 5 rings (SSSR count). The first-order valence-electron chi connectivity index (χ1n) is 11.9. The van der Waals surface area contributed by atoms with Crippen LogP contribution < -0.4 is 5.32 Å². The fraction of sp³-hybridized carbons (Fsp3) is 0.185. The Morgan fingerprint density at radius 2 is 1.89 bits per heavy atom. The van der Waals surface area contributed by atoms with Crippen molar-refractivity contribution in [2.45, 2.75) is 13.5 Å². The van der Waals surface area contributed by atoms with Gasteiger partial charge in [-0.2, -0.15) is 5.10 Å². The van der Waals surface area contributed by atoms with E-state index in [0.29, 0.717) is 30.1 Å². The van der Waals surface area contributed by atoms with Gasteiger partial charge in [-0.05, 0) is 36.8 Å². The number of rotatable bonds is 9. The number of fused-ring (bicyclic) bond motifs is 1. The lowest BCUT2D eigenvalue weighted by Crippen LogP contribution is -2.36. The van der Waals surface area contributed by atoms with Crippen LogP contribution in [0.25, 0.3) is 11.2 Å². The summed E-state index contributed by atoms with van der Waals surface area (Å²) in [5, 5.41) is 7.58. The molecule has 0 radical (unpaired) electrons. The van der Waals surface area contributed by atoms with E-state index in [0.717, 1.165) is 22.5 Å². The summed E-state index contributed by atoms with van der Waals surface area (Å²) in [7, 11) is 0. The minimum absolute atomic E-state index is 0.135. The van der Waals surface area contributed by atoms with Gasteiger partial charge in [0.15, 0.2) is 11.5 Å². The fourth-order valence-corrected chi connectivity index (χ4v) is 4.01. The molecule has 1 N–H and O–H groups in total. The molecule has 0 unspecified atom stereocenters. The zero-order valence-electron chi connectivity index (χ0n) is 20.2. The molecular formula is C27H25N7O3. The lowest BCUT2D eigenvalue weighted by atomic mass is 10.1. The zero-order valence-corrected chi connectivity index (χ0v) is 20.2. The minimum atomic E-state index is -0.448. The highest BCUT2D eigenvalue weighted by Crippen LogP contribution is 2.23. The molecule has 1 aliphatic heterocycles. The largest absolute Gasteiger partial charge is 0.465 e. The van der Waals surface area contributed by atoms with Crippen LogP contribution in [-0.4, -0.2) is 62.3 Å². The van der Waals surface area contributed by atoms with Gasteiger partial charge in [0.2, 0.25) is 0 Å². The summed E-state index contributed by atoms with van der Waals surface area (Å²) in [4.78, 5) is 40.1. The maximum Gasteiger partial charge on any atom is 0.325 e. The van der Waals surface area contributed by atoms with Crippen LogP contribution in [-0.2, 0) is 16.1 Å². The van der Waals surface area contributed by atoms with Gasteiger partial charge < -0.3 is 15.0 Å². The van der Waals surface area contributed by atoms with Crippen molar-refractivity contribution in [1.82, 2.24) is 24.5 Å². The molecular weight excluding hydrogens is 470 g/mol. The van der Waals surface area contributed by atoms with Gasteiger partial charge in [0.1, 0.15) is 12.9 Å². The molecule has 0 bridgehead atoms. The SMILES string of the molecule is CCOC(=O)CN(Cc1ccccc1)C(=O)c1ccc(Nc2ncc(C3=CCN=C3)n3ncnc23)cc1. The molecule has 1 aliphatic rings. The van der Waals surface area contributed by atoms with Crippen LogP contribution in [0, 0.1) is 0 Å². The molecule has 1 amide bonds. The summed E-state index contributed by atoms with van der Waals surface area (Å²) in [5.41, 5.74) is 4.42. The molecule has 3 heterocycles. The Morgan fingerprint density at radius 1 is 1.08 bits per heavy atom. The number of anilines is 2. The maximum absolute atomic E-state index is 13.3. The molecule has 37 heavy (non-hydrogen) atoms. The van der Waals surface area contributed by atoms with E-state index >= 15 is 0 Å². The molecule has 0 saturated heterocycles. The third-order valence-electron chi connectivity index (χ3n) is 5.77. The van der Waals surface area contributed by atoms with Crippen molar-refractivity contribution in [3.8, 4) is 0 Å². The number of hydrogen-bond donors (Lipinski definition) is 1. The van der Waals surface area contributed by atoms with Crippen molar-refractivity contribution in [2.24, 2.45) is 4.99 Å². The number of benzene rings is 2. The highest BCUT2D eigenvalue weighted by molar-refractivity contribution is 6.11. The topological polar surface area (TPSA) is 114 Å². The Kier molecular flexibility index (Phi) is 6.98. The summed E-state index contributed by atoms with van der Waals surface area (Å²) in [6, 6.07) is 16.5. The first-order chi connectivity index (χ1) is 18.1. The average Bonchev–Trinajstić information content (AvgIpc) is 3.63. The van der Waals surface area contributed by atoms with Gasteiger partial charge >= 0.3 is 5.97 Å². The van der Waals surface area contributed by atoms with Crippen LogP contribution in [0.2, 0.25) is 0 Å². The molecule has 0 saturated carbocycles. The van der Waals surface area contributed by atoms with Gasteiger partial charge in [0, 0.05) is 29.6 Å². The van der Waals surface area contributed by atoms with E-state index in [9.17, 15) is 9.59 Å². The van der Waals surface area contributed by atoms with Gasteiger partial charge in [0.25, 0.3) is 5.91 Å². The monoisotopic (exact) mass is 495 g/mol. The highest BCUT2D eigenvalue weighted by Gasteiger charge is 2.20. The second-order valence-corrected chi connectivity index (χ2v) is 8.30. The third-order valence-corrected chi connectivity index (χ3v) is 5.77. The summed E-state index contributed by atoms with van der Waals surface area (Å²) in [5.74, 6) is -0.183. The van der Waals surface area contributed by atoms with Crippen molar-refractivity contribution >= 4 is 40.8 Å². The van der Waals surface area contributed by atoms with Crippen LogP contribution in [0.1, 0.15) is 28.5 Å². The van der Waals surface area contributed by atoms with Gasteiger partial charge in [-0.25, -0.2) is 14.5 Å². The summed E-state index contributed by atoms with van der Waals surface area (Å²) >= 11 is 0. The van der Waals surface area contributed by atoms with E-state index in [4.69, 9.17) is 4.74 Å². The van der Waals surface area contributed by atoms with Crippen LogP contribution in [0.3, 0.4) is 0 Å². The van der Waals surface area contributed by atoms with E-state index in [1.807, 2.05) is 36.4 Å². The lowest BCUT2D eigenvalue weighted by molar-refractivity contribution is -0.143. The Morgan fingerprint density at radius 3 is 2.62 bits per heavy atom. The number of allylic oxidation sites excluding steroid dienone is 1. The van der Waals surface area contributed by atoms with E-state index in [-0.39, 0.29) is 19.1 Å². The fourth-order valence-electron chi connectivity index (χ4n) is 4.01. The van der Waals surface area contributed by atoms with Crippen LogP contribution in [0.15, 0.2) is 78.2 Å². The number of carbonyl (C=O) groups is 2. The van der Waals surface area contributed by atoms with Crippen molar-refractivity contribution in [1.29, 1.82) is 0 Å². The molecule has 4 aromatic rings. The number of esters is 1. The number of hydrogen-bond acceptors (Lipinski definition) is 8. The summed E-state index contributed by atoms with van der Waals surface area (Å²) < 4.78 is 6.79. The zero-order chi connectivity index (χ0) is 25.6. The highest BCUT2D eigenvalue weighted by atomic mass is 16.5. The molecule has 0 aliphatic carbocycles. The summed E-state index contributed by atoms with van der Waals surface area (Å²) in [6.45, 7) is 2.79. The smallest absolute Gasteiger partial charge is 0.325 e. The van der Waals surface area contributed by atoms with Gasteiger partial charge in [0.05, 0.1) is 25.0 Å². The molecule has 2 aromatic carbocycles. The molecule has 0 atom stereocenters. The molecule has 0 fully saturated rings. The number of nitrogens with one attached hydrogen (secondary N) is 1. The maximum atomic E-state index is 13.3. The Bertz CT molecular complexity index is 1480.